The Labute approximate surface area is 218 Å². The number of anilines is 3. The molecule has 38 heavy (non-hydrogen) atoms. The van der Waals surface area contributed by atoms with Gasteiger partial charge in [-0.3, -0.25) is 4.90 Å². The Bertz CT molecular complexity index is 1150. The molecule has 1 aromatic heterocycles. The second kappa shape index (κ2) is 10.4. The molecule has 1 aromatic carbocycles. The average Bonchev–Trinajstić information content (AvgIpc) is 3.32. The largest absolute Gasteiger partial charge is 0.487 e. The van der Waals surface area contributed by atoms with Crippen LogP contribution in [-0.4, -0.2) is 64.4 Å². The van der Waals surface area contributed by atoms with Crippen molar-refractivity contribution in [3.8, 4) is 5.75 Å². The summed E-state index contributed by atoms with van der Waals surface area (Å²) in [5.41, 5.74) is -1.03. The Morgan fingerprint density at radius 3 is 2.79 bits per heavy atom. The highest BCUT2D eigenvalue weighted by atomic mass is 19.4. The van der Waals surface area contributed by atoms with Gasteiger partial charge in [0.05, 0.1) is 11.8 Å². The molecule has 0 amide bonds. The first-order chi connectivity index (χ1) is 18.0. The van der Waals surface area contributed by atoms with Crippen molar-refractivity contribution in [1.29, 1.82) is 0 Å². The highest BCUT2D eigenvalue weighted by Gasteiger charge is 2.43. The SMILES string of the molecule is CC1(C)C[C@H](Nc2nc(Nc3ccc(O[C@H]4CCNC[C@@H]4F)c(C(F)(F)F)c3)ncc2F)CC2CCCN21. The minimum atomic E-state index is -4.73. The van der Waals surface area contributed by atoms with Gasteiger partial charge in [-0.15, -0.1) is 0 Å². The summed E-state index contributed by atoms with van der Waals surface area (Å²) in [6, 6.07) is 3.82. The molecule has 3 saturated heterocycles. The first-order valence-corrected chi connectivity index (χ1v) is 13.0. The molecule has 3 aliphatic heterocycles. The van der Waals surface area contributed by atoms with Gasteiger partial charge < -0.3 is 20.7 Å². The van der Waals surface area contributed by atoms with E-state index >= 15 is 0 Å². The summed E-state index contributed by atoms with van der Waals surface area (Å²) in [6.45, 7) is 5.93. The van der Waals surface area contributed by atoms with E-state index in [-0.39, 0.29) is 42.0 Å². The van der Waals surface area contributed by atoms with E-state index in [0.29, 0.717) is 12.6 Å². The minimum absolute atomic E-state index is 0.00387. The number of nitrogens with one attached hydrogen (secondary N) is 3. The van der Waals surface area contributed by atoms with Crippen molar-refractivity contribution in [3.05, 3.63) is 35.8 Å². The van der Waals surface area contributed by atoms with Crippen LogP contribution in [0, 0.1) is 5.82 Å². The number of fused-ring (bicyclic) bond motifs is 1. The van der Waals surface area contributed by atoms with Gasteiger partial charge in [-0.25, -0.2) is 13.8 Å². The van der Waals surface area contributed by atoms with Gasteiger partial charge in [0.15, 0.2) is 11.6 Å². The summed E-state index contributed by atoms with van der Waals surface area (Å²) >= 11 is 0. The average molecular weight is 541 g/mol. The van der Waals surface area contributed by atoms with Crippen molar-refractivity contribution in [2.75, 3.05) is 30.3 Å². The van der Waals surface area contributed by atoms with Crippen LogP contribution in [0.1, 0.15) is 51.5 Å². The van der Waals surface area contributed by atoms with Gasteiger partial charge in [-0.05, 0) is 77.2 Å². The van der Waals surface area contributed by atoms with Crippen LogP contribution in [0.4, 0.5) is 39.4 Å². The number of alkyl halides is 4. The van der Waals surface area contributed by atoms with Gasteiger partial charge in [0.2, 0.25) is 5.95 Å². The Morgan fingerprint density at radius 2 is 2.03 bits per heavy atom. The molecule has 7 nitrogen and oxygen atoms in total. The highest BCUT2D eigenvalue weighted by Crippen LogP contribution is 2.40. The van der Waals surface area contributed by atoms with E-state index in [1.54, 1.807) is 0 Å². The van der Waals surface area contributed by atoms with E-state index in [1.807, 2.05) is 0 Å². The zero-order valence-electron chi connectivity index (χ0n) is 21.4. The molecule has 3 N–H and O–H groups in total. The zero-order chi connectivity index (χ0) is 27.1. The van der Waals surface area contributed by atoms with E-state index in [1.165, 1.54) is 6.07 Å². The van der Waals surface area contributed by atoms with Gasteiger partial charge in [0.1, 0.15) is 18.0 Å². The smallest absolute Gasteiger partial charge is 0.420 e. The predicted molar refractivity (Wildman–Crippen MR) is 134 cm³/mol. The van der Waals surface area contributed by atoms with Crippen LogP contribution in [0.25, 0.3) is 0 Å². The standard InChI is InChI=1S/C26H33F5N6O/c1-25(2)12-16(10-17-4-3-9-37(17)25)34-23-20(28)14-33-24(36-23)35-15-5-6-21(18(11-15)26(29,30)31)38-22-7-8-32-13-19(22)27/h5-6,11,14,16-17,19,22,32H,3-4,7-10,12-13H2,1-2H3,(H2,33,34,35,36)/t16-,17?,19+,22+/m1/s1. The number of benzene rings is 1. The number of hydrogen-bond acceptors (Lipinski definition) is 7. The number of aromatic nitrogens is 2. The Morgan fingerprint density at radius 1 is 1.21 bits per heavy atom. The van der Waals surface area contributed by atoms with Crippen LogP contribution in [0.3, 0.4) is 0 Å². The summed E-state index contributed by atoms with van der Waals surface area (Å²) in [5, 5.41) is 8.79. The number of ether oxygens (including phenoxy) is 1. The monoisotopic (exact) mass is 540 g/mol. The van der Waals surface area contributed by atoms with E-state index in [2.05, 4.69) is 44.7 Å². The van der Waals surface area contributed by atoms with E-state index in [4.69, 9.17) is 4.74 Å². The van der Waals surface area contributed by atoms with Crippen LogP contribution < -0.4 is 20.7 Å². The molecular weight excluding hydrogens is 507 g/mol. The maximum absolute atomic E-state index is 14.6. The number of piperidine rings is 2. The topological polar surface area (TPSA) is 74.3 Å². The first-order valence-electron chi connectivity index (χ1n) is 13.0. The number of hydrogen-bond donors (Lipinski definition) is 3. The molecule has 3 aliphatic rings. The summed E-state index contributed by atoms with van der Waals surface area (Å²) in [7, 11) is 0. The summed E-state index contributed by atoms with van der Waals surface area (Å²) in [4.78, 5) is 10.6. The molecule has 0 bridgehead atoms. The summed E-state index contributed by atoms with van der Waals surface area (Å²) in [5.74, 6) is -1.12. The number of halogens is 5. The third kappa shape index (κ3) is 5.80. The third-order valence-corrected chi connectivity index (χ3v) is 7.71. The van der Waals surface area contributed by atoms with Crippen LogP contribution in [0.5, 0.6) is 5.75 Å². The lowest BCUT2D eigenvalue weighted by molar-refractivity contribution is -0.139. The van der Waals surface area contributed by atoms with Crippen LogP contribution in [0.2, 0.25) is 0 Å². The van der Waals surface area contributed by atoms with Crippen molar-refractivity contribution in [2.45, 2.75) is 82.0 Å². The molecule has 3 fully saturated rings. The maximum Gasteiger partial charge on any atom is 0.420 e. The minimum Gasteiger partial charge on any atom is -0.487 e. The first kappa shape index (κ1) is 26.9. The van der Waals surface area contributed by atoms with E-state index in [0.717, 1.165) is 50.6 Å². The second-order valence-electron chi connectivity index (χ2n) is 11.0. The molecule has 4 atom stereocenters. The Hall–Kier alpha value is -2.73. The lowest BCUT2D eigenvalue weighted by Gasteiger charge is -2.47. The fourth-order valence-corrected chi connectivity index (χ4v) is 6.00. The molecule has 5 rings (SSSR count). The summed E-state index contributed by atoms with van der Waals surface area (Å²) < 4.78 is 75.7. The van der Waals surface area contributed by atoms with Crippen molar-refractivity contribution >= 4 is 17.5 Å². The van der Waals surface area contributed by atoms with Crippen molar-refractivity contribution in [1.82, 2.24) is 20.2 Å². The van der Waals surface area contributed by atoms with Crippen LogP contribution in [0.15, 0.2) is 24.4 Å². The fourth-order valence-electron chi connectivity index (χ4n) is 6.00. The zero-order valence-corrected chi connectivity index (χ0v) is 21.4. The molecule has 0 saturated carbocycles. The predicted octanol–water partition coefficient (Wildman–Crippen LogP) is 5.27. The quantitative estimate of drug-likeness (QED) is 0.431. The Kier molecular flexibility index (Phi) is 7.38. The van der Waals surface area contributed by atoms with Gasteiger partial charge in [0.25, 0.3) is 0 Å². The molecule has 12 heteroatoms. The van der Waals surface area contributed by atoms with Gasteiger partial charge in [-0.2, -0.15) is 18.2 Å². The summed E-state index contributed by atoms with van der Waals surface area (Å²) in [6.07, 6.45) is -1.93. The fraction of sp³-hybridized carbons (Fsp3) is 0.615. The molecule has 208 valence electrons. The van der Waals surface area contributed by atoms with Gasteiger partial charge in [-0.1, -0.05) is 0 Å². The maximum atomic E-state index is 14.6. The molecular formula is C26H33F5N6O. The molecule has 0 aliphatic carbocycles. The van der Waals surface area contributed by atoms with Gasteiger partial charge in [0, 0.05) is 29.9 Å². The third-order valence-electron chi connectivity index (χ3n) is 7.71. The highest BCUT2D eigenvalue weighted by molar-refractivity contribution is 5.59. The van der Waals surface area contributed by atoms with Crippen LogP contribution in [-0.2, 0) is 6.18 Å². The molecule has 2 aromatic rings. The van der Waals surface area contributed by atoms with Crippen molar-refractivity contribution in [3.63, 3.8) is 0 Å². The number of rotatable bonds is 6. The second-order valence-corrected chi connectivity index (χ2v) is 11.0. The lowest BCUT2D eigenvalue weighted by Crippen LogP contribution is -2.55. The lowest BCUT2D eigenvalue weighted by atomic mass is 9.84. The molecule has 0 spiro atoms. The molecule has 4 heterocycles. The Balaban J connectivity index is 1.32. The molecule has 1 unspecified atom stereocenters. The van der Waals surface area contributed by atoms with Crippen molar-refractivity contribution in [2.24, 2.45) is 0 Å². The van der Waals surface area contributed by atoms with E-state index < -0.39 is 35.6 Å². The van der Waals surface area contributed by atoms with Crippen LogP contribution >= 0.6 is 0 Å². The van der Waals surface area contributed by atoms with Gasteiger partial charge >= 0.3 is 6.18 Å². The number of nitrogens with zero attached hydrogens (tertiary/aromatic N) is 3. The van der Waals surface area contributed by atoms with Crippen molar-refractivity contribution < 1.29 is 26.7 Å². The van der Waals surface area contributed by atoms with E-state index in [9.17, 15) is 22.0 Å². The molecule has 0 radical (unpaired) electrons. The normalized spacial score (nSPS) is 27.6.